The lowest BCUT2D eigenvalue weighted by Crippen LogP contribution is -2.08. The summed E-state index contributed by atoms with van der Waals surface area (Å²) >= 11 is 0. The highest BCUT2D eigenvalue weighted by Crippen LogP contribution is 2.08. The topological polar surface area (TPSA) is 63.2 Å². The summed E-state index contributed by atoms with van der Waals surface area (Å²) < 4.78 is 0. The van der Waals surface area contributed by atoms with E-state index in [2.05, 4.69) is 5.32 Å². The molecule has 1 aromatic rings. The van der Waals surface area contributed by atoms with Crippen molar-refractivity contribution in [2.75, 3.05) is 5.32 Å². The smallest absolute Gasteiger partial charge is 0.326 e. The number of carbonyl (C=O) groups excluding carboxylic acids is 3. The fourth-order valence-electron chi connectivity index (χ4n) is 0.886. The molecule has 0 saturated heterocycles. The summed E-state index contributed by atoms with van der Waals surface area (Å²) in [6.45, 7) is 3.86. The Morgan fingerprint density at radius 3 is 2.13 bits per heavy atom. The van der Waals surface area contributed by atoms with Crippen LogP contribution in [0.25, 0.3) is 0 Å². The molecule has 0 heterocycles. The van der Waals surface area contributed by atoms with Crippen LogP contribution in [-0.4, -0.2) is 12.1 Å². The molecule has 1 amide bonds. The van der Waals surface area contributed by atoms with Crippen molar-refractivity contribution in [3.63, 3.8) is 0 Å². The minimum absolute atomic E-state index is 0.0545. The summed E-state index contributed by atoms with van der Waals surface area (Å²) in [7, 11) is 0. The molecule has 0 unspecified atom stereocenters. The second-order valence-electron chi connectivity index (χ2n) is 2.85. The third-order valence-electron chi connectivity index (χ3n) is 1.66. The maximum Gasteiger partial charge on any atom is 0.373 e. The Morgan fingerprint density at radius 1 is 1.27 bits per heavy atom. The summed E-state index contributed by atoms with van der Waals surface area (Å²) in [5, 5.41) is 2.78. The predicted molar refractivity (Wildman–Crippen MR) is 55.1 cm³/mol. The highest BCUT2D eigenvalue weighted by atomic mass is 16.2. The Hall–Kier alpha value is -1.93. The van der Waals surface area contributed by atoms with E-state index in [0.29, 0.717) is 6.42 Å². The van der Waals surface area contributed by atoms with E-state index in [1.165, 1.54) is 5.56 Å². The van der Waals surface area contributed by atoms with Crippen LogP contribution >= 0.6 is 0 Å². The molecule has 1 aromatic carbocycles. The predicted octanol–water partition coefficient (Wildman–Crippen LogP) is 1.76. The monoisotopic (exact) mass is 207 g/mol. The normalized spacial score (nSPS) is 8.13. The van der Waals surface area contributed by atoms with E-state index in [1.54, 1.807) is 0 Å². The molecule has 0 atom stereocenters. The molecule has 1 rings (SSSR count). The third-order valence-corrected chi connectivity index (χ3v) is 1.66. The average molecular weight is 207 g/mol. The van der Waals surface area contributed by atoms with Gasteiger partial charge in [-0.2, -0.15) is 9.59 Å². The van der Waals surface area contributed by atoms with Gasteiger partial charge in [-0.05, 0) is 19.1 Å². The number of carbonyl (C=O) groups is 1. The molecule has 4 heteroatoms. The van der Waals surface area contributed by atoms with Crippen molar-refractivity contribution < 1.29 is 14.4 Å². The van der Waals surface area contributed by atoms with E-state index in [4.69, 9.17) is 9.59 Å². The summed E-state index contributed by atoms with van der Waals surface area (Å²) in [4.78, 5) is 27.2. The Balaban J connectivity index is 0.000000583. The Morgan fingerprint density at radius 2 is 1.73 bits per heavy atom. The number of hydrogen-bond donors (Lipinski definition) is 1. The van der Waals surface area contributed by atoms with Gasteiger partial charge in [-0.15, -0.1) is 0 Å². The van der Waals surface area contributed by atoms with Gasteiger partial charge >= 0.3 is 6.15 Å². The van der Waals surface area contributed by atoms with Crippen LogP contribution in [0.1, 0.15) is 18.9 Å². The van der Waals surface area contributed by atoms with Gasteiger partial charge < -0.3 is 5.32 Å². The molecule has 0 aromatic heterocycles. The van der Waals surface area contributed by atoms with Gasteiger partial charge in [0.1, 0.15) is 0 Å². The summed E-state index contributed by atoms with van der Waals surface area (Å²) in [5.74, 6) is 0.0545. The van der Waals surface area contributed by atoms with Crippen LogP contribution in [0.15, 0.2) is 24.3 Å². The number of benzene rings is 1. The number of nitrogens with one attached hydrogen (secondary N) is 1. The van der Waals surface area contributed by atoms with Gasteiger partial charge in [-0.1, -0.05) is 24.6 Å². The van der Waals surface area contributed by atoms with Crippen LogP contribution in [0.3, 0.4) is 0 Å². The zero-order valence-corrected chi connectivity index (χ0v) is 8.74. The second-order valence-corrected chi connectivity index (χ2v) is 2.85. The molecule has 4 nitrogen and oxygen atoms in total. The Kier molecular flexibility index (Phi) is 6.51. The van der Waals surface area contributed by atoms with Gasteiger partial charge in [0.25, 0.3) is 0 Å². The van der Waals surface area contributed by atoms with Gasteiger partial charge in [-0.3, -0.25) is 4.79 Å². The average Bonchev–Trinajstić information content (AvgIpc) is 2.22. The van der Waals surface area contributed by atoms with Crippen LogP contribution in [0, 0.1) is 6.92 Å². The molecular weight excluding hydrogens is 194 g/mol. The van der Waals surface area contributed by atoms with E-state index < -0.39 is 0 Å². The third kappa shape index (κ3) is 6.18. The number of rotatable bonds is 2. The zero-order valence-electron chi connectivity index (χ0n) is 8.74. The first-order valence-corrected chi connectivity index (χ1v) is 4.49. The number of hydrogen-bond acceptors (Lipinski definition) is 3. The van der Waals surface area contributed by atoms with Crippen molar-refractivity contribution in [1.82, 2.24) is 0 Å². The lowest BCUT2D eigenvalue weighted by atomic mass is 10.2. The van der Waals surface area contributed by atoms with Crippen molar-refractivity contribution in [3.05, 3.63) is 29.8 Å². The van der Waals surface area contributed by atoms with Crippen molar-refractivity contribution in [2.45, 2.75) is 20.3 Å². The fourth-order valence-corrected chi connectivity index (χ4v) is 0.886. The first-order chi connectivity index (χ1) is 7.13. The molecule has 0 fully saturated rings. The van der Waals surface area contributed by atoms with Crippen LogP contribution in [-0.2, 0) is 14.4 Å². The van der Waals surface area contributed by atoms with E-state index in [1.807, 2.05) is 38.1 Å². The Bertz CT molecular complexity index is 337. The van der Waals surface area contributed by atoms with Crippen molar-refractivity contribution in [2.24, 2.45) is 0 Å². The Labute approximate surface area is 88.3 Å². The first-order valence-electron chi connectivity index (χ1n) is 4.49. The fraction of sp³-hybridized carbons (Fsp3) is 0.273. The standard InChI is InChI=1S/C10H13NO.CO2/c1-3-10(12)11-9-6-4-8(2)5-7-9;2-1-3/h4-7H,3H2,1-2H3,(H,11,12);. The first kappa shape index (κ1) is 13.1. The van der Waals surface area contributed by atoms with Crippen molar-refractivity contribution in [1.29, 1.82) is 0 Å². The van der Waals surface area contributed by atoms with Gasteiger partial charge in [0.15, 0.2) is 0 Å². The van der Waals surface area contributed by atoms with Crippen LogP contribution in [0.4, 0.5) is 5.69 Å². The van der Waals surface area contributed by atoms with E-state index in [0.717, 1.165) is 5.69 Å². The number of anilines is 1. The van der Waals surface area contributed by atoms with Crippen LogP contribution in [0.5, 0.6) is 0 Å². The molecule has 1 N–H and O–H groups in total. The molecule has 0 radical (unpaired) electrons. The van der Waals surface area contributed by atoms with Crippen molar-refractivity contribution >= 4 is 17.7 Å². The SMILES string of the molecule is CCC(=O)Nc1ccc(C)cc1.O=C=O. The maximum absolute atomic E-state index is 11.0. The van der Waals surface area contributed by atoms with Gasteiger partial charge in [0.2, 0.25) is 5.91 Å². The van der Waals surface area contributed by atoms with Crippen LogP contribution < -0.4 is 5.32 Å². The van der Waals surface area contributed by atoms with Crippen LogP contribution in [0.2, 0.25) is 0 Å². The highest BCUT2D eigenvalue weighted by molar-refractivity contribution is 5.90. The molecule has 0 bridgehead atoms. The molecule has 0 aliphatic carbocycles. The van der Waals surface area contributed by atoms with E-state index in [9.17, 15) is 4.79 Å². The zero-order chi connectivity index (χ0) is 11.7. The second kappa shape index (κ2) is 7.47. The largest absolute Gasteiger partial charge is 0.373 e. The molecule has 15 heavy (non-hydrogen) atoms. The summed E-state index contributed by atoms with van der Waals surface area (Å²) in [6, 6.07) is 7.77. The van der Waals surface area contributed by atoms with Gasteiger partial charge in [0, 0.05) is 12.1 Å². The van der Waals surface area contributed by atoms with Crippen molar-refractivity contribution in [3.8, 4) is 0 Å². The summed E-state index contributed by atoms with van der Waals surface area (Å²) in [6.07, 6.45) is 0.772. The molecule has 0 aliphatic heterocycles. The lowest BCUT2D eigenvalue weighted by Gasteiger charge is -2.02. The highest BCUT2D eigenvalue weighted by Gasteiger charge is 1.96. The minimum atomic E-state index is 0.0545. The van der Waals surface area contributed by atoms with Gasteiger partial charge in [0.05, 0.1) is 0 Å². The lowest BCUT2D eigenvalue weighted by molar-refractivity contribution is -0.191. The summed E-state index contributed by atoms with van der Waals surface area (Å²) in [5.41, 5.74) is 2.07. The molecular formula is C11H13NO3. The maximum atomic E-state index is 11.0. The molecule has 0 saturated carbocycles. The minimum Gasteiger partial charge on any atom is -0.326 e. The molecule has 0 aliphatic rings. The van der Waals surface area contributed by atoms with Gasteiger partial charge in [-0.25, -0.2) is 0 Å². The quantitative estimate of drug-likeness (QED) is 0.803. The molecule has 80 valence electrons. The van der Waals surface area contributed by atoms with E-state index >= 15 is 0 Å². The van der Waals surface area contributed by atoms with E-state index in [-0.39, 0.29) is 12.1 Å². The molecule has 0 spiro atoms. The number of aryl methyl sites for hydroxylation is 1. The number of amides is 1.